The molecule has 0 bridgehead atoms. The number of aliphatic imine (C=N–C) groups is 1. The van der Waals surface area contributed by atoms with Gasteiger partial charge in [-0.05, 0) is 70.3 Å². The summed E-state index contributed by atoms with van der Waals surface area (Å²) in [6.07, 6.45) is 13.3. The first-order valence-corrected chi connectivity index (χ1v) is 10.8. The molecular weight excluding hydrogens is 437 g/mol. The number of nitrogens with zero attached hydrogens (tertiary/aromatic N) is 3. The van der Waals surface area contributed by atoms with Crippen LogP contribution in [0.25, 0.3) is 0 Å². The Morgan fingerprint density at radius 1 is 1.23 bits per heavy atom. The minimum atomic E-state index is 0.416. The highest BCUT2D eigenvalue weighted by Crippen LogP contribution is 2.32. The molecule has 0 aromatic carbocycles. The van der Waals surface area contributed by atoms with Crippen LogP contribution in [-0.2, 0) is 0 Å². The highest BCUT2D eigenvalue weighted by Gasteiger charge is 2.33. The molecule has 2 heterocycles. The van der Waals surface area contributed by atoms with Crippen LogP contribution in [0.2, 0.25) is 0 Å². The molecule has 0 radical (unpaired) electrons. The second-order valence-corrected chi connectivity index (χ2v) is 9.12. The van der Waals surface area contributed by atoms with E-state index in [-0.39, 0.29) is 0 Å². The number of rotatable bonds is 4. The van der Waals surface area contributed by atoms with Gasteiger partial charge in [0.15, 0.2) is 0 Å². The Morgan fingerprint density at radius 2 is 2.00 bits per heavy atom. The second-order valence-electron chi connectivity index (χ2n) is 7.73. The summed E-state index contributed by atoms with van der Waals surface area (Å²) in [6.45, 7) is 2.83. The van der Waals surface area contributed by atoms with Crippen molar-refractivity contribution in [3.05, 3.63) is 32.7 Å². The summed E-state index contributed by atoms with van der Waals surface area (Å²) in [5, 5.41) is 12.0. The molecule has 2 N–H and O–H groups in total. The molecule has 140 valence electrons. The Bertz CT molecular complexity index is 693. The Kier molecular flexibility index (Phi) is 5.38. The van der Waals surface area contributed by atoms with E-state index in [4.69, 9.17) is 5.41 Å². The van der Waals surface area contributed by atoms with Crippen molar-refractivity contribution in [2.24, 2.45) is 10.9 Å². The van der Waals surface area contributed by atoms with Gasteiger partial charge in [0.05, 0.1) is 30.1 Å². The molecule has 0 unspecified atom stereocenters. The molecule has 2 fully saturated rings. The summed E-state index contributed by atoms with van der Waals surface area (Å²) in [5.74, 6) is 1.27. The van der Waals surface area contributed by atoms with Gasteiger partial charge >= 0.3 is 0 Å². The van der Waals surface area contributed by atoms with E-state index in [1.54, 1.807) is 0 Å². The van der Waals surface area contributed by atoms with Gasteiger partial charge in [-0.3, -0.25) is 10.4 Å². The van der Waals surface area contributed by atoms with Gasteiger partial charge in [-0.1, -0.05) is 12.2 Å². The minimum absolute atomic E-state index is 0.416. The molecule has 0 aromatic rings. The van der Waals surface area contributed by atoms with E-state index in [0.29, 0.717) is 12.0 Å². The van der Waals surface area contributed by atoms with Crippen LogP contribution in [0.4, 0.5) is 0 Å². The fourth-order valence-corrected chi connectivity index (χ4v) is 4.58. The zero-order valence-electron chi connectivity index (χ0n) is 15.5. The fraction of sp³-hybridized carbons (Fsp3) is 0.600. The molecule has 2 aliphatic heterocycles. The van der Waals surface area contributed by atoms with Crippen LogP contribution in [0.5, 0.6) is 0 Å². The number of nitrogens with one attached hydrogen (secondary N) is 2. The number of amidine groups is 1. The summed E-state index contributed by atoms with van der Waals surface area (Å²) >= 11 is 2.43. The Balaban J connectivity index is 1.44. The van der Waals surface area contributed by atoms with Gasteiger partial charge in [-0.2, -0.15) is 0 Å². The van der Waals surface area contributed by atoms with Gasteiger partial charge in [-0.15, -0.1) is 0 Å². The molecule has 0 amide bonds. The largest absolute Gasteiger partial charge is 0.372 e. The molecule has 26 heavy (non-hydrogen) atoms. The first-order chi connectivity index (χ1) is 12.6. The number of hydrogen-bond acceptors (Lipinski definition) is 4. The van der Waals surface area contributed by atoms with Crippen molar-refractivity contribution >= 4 is 34.8 Å². The van der Waals surface area contributed by atoms with Gasteiger partial charge in [-0.25, -0.2) is 0 Å². The lowest BCUT2D eigenvalue weighted by Crippen LogP contribution is -2.43. The van der Waals surface area contributed by atoms with E-state index in [9.17, 15) is 0 Å². The topological polar surface area (TPSA) is 54.7 Å². The fourth-order valence-electron chi connectivity index (χ4n) is 4.13. The van der Waals surface area contributed by atoms with Crippen molar-refractivity contribution in [2.75, 3.05) is 26.7 Å². The van der Waals surface area contributed by atoms with Crippen LogP contribution in [0, 0.1) is 11.3 Å². The molecule has 2 aliphatic carbocycles. The zero-order valence-corrected chi connectivity index (χ0v) is 17.6. The highest BCUT2D eigenvalue weighted by molar-refractivity contribution is 14.1. The van der Waals surface area contributed by atoms with E-state index in [0.717, 1.165) is 51.2 Å². The molecule has 0 atom stereocenters. The van der Waals surface area contributed by atoms with E-state index in [1.165, 1.54) is 33.4 Å². The van der Waals surface area contributed by atoms with Crippen molar-refractivity contribution in [2.45, 2.75) is 44.6 Å². The van der Waals surface area contributed by atoms with Crippen LogP contribution < -0.4 is 5.32 Å². The summed E-state index contributed by atoms with van der Waals surface area (Å²) in [6, 6.07) is 0.640. The smallest absolute Gasteiger partial charge is 0.0990 e. The maximum absolute atomic E-state index is 8.53. The number of hydrogen-bond donors (Lipinski definition) is 2. The van der Waals surface area contributed by atoms with Crippen LogP contribution in [0.3, 0.4) is 0 Å². The lowest BCUT2D eigenvalue weighted by atomic mass is 9.93. The van der Waals surface area contributed by atoms with Crippen molar-refractivity contribution in [1.82, 2.24) is 15.1 Å². The third-order valence-corrected chi connectivity index (χ3v) is 6.89. The lowest BCUT2D eigenvalue weighted by Gasteiger charge is -2.38. The van der Waals surface area contributed by atoms with E-state index in [1.807, 2.05) is 6.34 Å². The Hall–Kier alpha value is -1.31. The summed E-state index contributed by atoms with van der Waals surface area (Å²) in [7, 11) is 2.11. The van der Waals surface area contributed by atoms with Gasteiger partial charge in [0, 0.05) is 32.1 Å². The van der Waals surface area contributed by atoms with Crippen molar-refractivity contribution in [3.8, 4) is 0 Å². The standard InChI is InChI=1S/C20H28IN5/c1-25(17-6-7-17)20(22)15-8-10-26(11-9-15)18-12-23-13-24-19(18)14-2-4-16(21)5-3-14/h2,4,13,15,17,22H,3,5-12H2,1H3,(H,23,24). The van der Waals surface area contributed by atoms with Crippen molar-refractivity contribution in [1.29, 1.82) is 5.41 Å². The maximum Gasteiger partial charge on any atom is 0.0990 e. The second kappa shape index (κ2) is 7.74. The van der Waals surface area contributed by atoms with Crippen molar-refractivity contribution < 1.29 is 0 Å². The van der Waals surface area contributed by atoms with Gasteiger partial charge in [0.25, 0.3) is 0 Å². The average molecular weight is 465 g/mol. The SMILES string of the molecule is CN(C(=N)C1CCN(C2=C(C3=CC=C(I)CC3)NC=NC2)CC1)C1CC1. The molecule has 5 nitrogen and oxygen atoms in total. The van der Waals surface area contributed by atoms with Gasteiger partial charge in [0.1, 0.15) is 0 Å². The Morgan fingerprint density at radius 3 is 2.65 bits per heavy atom. The van der Waals surface area contributed by atoms with Crippen LogP contribution in [0.15, 0.2) is 37.7 Å². The van der Waals surface area contributed by atoms with Crippen molar-refractivity contribution in [3.63, 3.8) is 0 Å². The third-order valence-electron chi connectivity index (χ3n) is 5.99. The summed E-state index contributed by atoms with van der Waals surface area (Å²) in [5.41, 5.74) is 4.00. The third kappa shape index (κ3) is 3.85. The predicted octanol–water partition coefficient (Wildman–Crippen LogP) is 3.65. The molecule has 1 saturated heterocycles. The molecule has 6 heteroatoms. The van der Waals surface area contributed by atoms with Crippen LogP contribution in [0.1, 0.15) is 38.5 Å². The number of halogens is 1. The summed E-state index contributed by atoms with van der Waals surface area (Å²) < 4.78 is 1.43. The predicted molar refractivity (Wildman–Crippen MR) is 116 cm³/mol. The molecule has 1 saturated carbocycles. The van der Waals surface area contributed by atoms with Gasteiger partial charge in [0.2, 0.25) is 0 Å². The summed E-state index contributed by atoms with van der Waals surface area (Å²) in [4.78, 5) is 9.20. The molecular formula is C20H28IN5. The number of likely N-dealkylation sites (tertiary alicyclic amines) is 1. The van der Waals surface area contributed by atoms with E-state index in [2.05, 4.69) is 61.9 Å². The minimum Gasteiger partial charge on any atom is -0.372 e. The van der Waals surface area contributed by atoms with Gasteiger partial charge < -0.3 is 15.1 Å². The maximum atomic E-state index is 8.53. The first-order valence-electron chi connectivity index (χ1n) is 9.73. The molecule has 4 rings (SSSR count). The van der Waals surface area contributed by atoms with E-state index < -0.39 is 0 Å². The lowest BCUT2D eigenvalue weighted by molar-refractivity contribution is 0.244. The highest BCUT2D eigenvalue weighted by atomic mass is 127. The zero-order chi connectivity index (χ0) is 18.1. The normalized spacial score (nSPS) is 24.2. The average Bonchev–Trinajstić information content (AvgIpc) is 3.53. The van der Waals surface area contributed by atoms with E-state index >= 15 is 0 Å². The number of piperidine rings is 1. The quantitative estimate of drug-likeness (QED) is 0.379. The Labute approximate surface area is 169 Å². The monoisotopic (exact) mass is 465 g/mol. The van der Waals surface area contributed by atoms with Crippen LogP contribution in [-0.4, -0.2) is 54.7 Å². The molecule has 0 aromatic heterocycles. The molecule has 4 aliphatic rings. The number of allylic oxidation sites excluding steroid dienone is 4. The first kappa shape index (κ1) is 18.1. The van der Waals surface area contributed by atoms with Crippen LogP contribution >= 0.6 is 22.6 Å². The molecule has 0 spiro atoms.